The molecule has 1 rings (SSSR count). The number of imide groups is 1. The molecule has 0 fully saturated rings. The molecule has 0 bridgehead atoms. The molecule has 0 atom stereocenters. The zero-order valence-corrected chi connectivity index (χ0v) is 9.66. The normalized spacial score (nSPS) is 9.76. The zero-order valence-electron chi connectivity index (χ0n) is 8.90. The van der Waals surface area contributed by atoms with Gasteiger partial charge in [0.2, 0.25) is 0 Å². The van der Waals surface area contributed by atoms with Crippen LogP contribution in [0.5, 0.6) is 5.75 Å². The lowest BCUT2D eigenvalue weighted by molar-refractivity contribution is -0.121. The molecule has 0 aromatic heterocycles. The smallest absolute Gasteiger partial charge is 0.318 e. The predicted octanol–water partition coefficient (Wildman–Crippen LogP) is 0.372. The summed E-state index contributed by atoms with van der Waals surface area (Å²) >= 11 is 5.78. The molecule has 6 nitrogen and oxygen atoms in total. The van der Waals surface area contributed by atoms with Gasteiger partial charge in [-0.1, -0.05) is 11.6 Å². The summed E-state index contributed by atoms with van der Waals surface area (Å²) in [6.07, 6.45) is 0. The Labute approximate surface area is 103 Å². The van der Waals surface area contributed by atoms with Gasteiger partial charge >= 0.3 is 6.03 Å². The molecule has 7 heteroatoms. The first-order valence-corrected chi connectivity index (χ1v) is 5.11. The van der Waals surface area contributed by atoms with Gasteiger partial charge in [0.15, 0.2) is 6.61 Å². The lowest BCUT2D eigenvalue weighted by Gasteiger charge is -2.09. The molecule has 0 spiro atoms. The second-order valence-corrected chi connectivity index (χ2v) is 3.59. The van der Waals surface area contributed by atoms with E-state index in [0.717, 1.165) is 0 Å². The standard InChI is InChI=1S/C10H12ClN3O3/c11-7-1-2-8(6(3-7)4-12)17-5-9(15)14-10(13)16/h1-3H,4-5,12H2,(H3,13,14,15,16). The van der Waals surface area contributed by atoms with Gasteiger partial charge in [-0.2, -0.15) is 0 Å². The molecule has 0 saturated heterocycles. The highest BCUT2D eigenvalue weighted by Crippen LogP contribution is 2.22. The Bertz CT molecular complexity index is 437. The second kappa shape index (κ2) is 6.07. The summed E-state index contributed by atoms with van der Waals surface area (Å²) in [5.41, 5.74) is 10.9. The molecule has 1 aromatic carbocycles. The summed E-state index contributed by atoms with van der Waals surface area (Å²) < 4.78 is 5.19. The van der Waals surface area contributed by atoms with Crippen LogP contribution < -0.4 is 21.5 Å². The van der Waals surface area contributed by atoms with Crippen molar-refractivity contribution >= 4 is 23.5 Å². The van der Waals surface area contributed by atoms with Crippen LogP contribution in [0.2, 0.25) is 5.02 Å². The van der Waals surface area contributed by atoms with Crippen LogP contribution in [0.1, 0.15) is 5.56 Å². The first-order valence-electron chi connectivity index (χ1n) is 4.73. The molecule has 1 aromatic rings. The Kier molecular flexibility index (Phi) is 4.74. The average Bonchev–Trinajstić information content (AvgIpc) is 2.26. The molecule has 0 unspecified atom stereocenters. The van der Waals surface area contributed by atoms with Gasteiger partial charge in [-0.3, -0.25) is 10.1 Å². The van der Waals surface area contributed by atoms with Crippen molar-refractivity contribution in [2.24, 2.45) is 11.5 Å². The van der Waals surface area contributed by atoms with Crippen LogP contribution in [-0.4, -0.2) is 18.5 Å². The van der Waals surface area contributed by atoms with E-state index in [0.29, 0.717) is 16.3 Å². The van der Waals surface area contributed by atoms with Crippen molar-refractivity contribution in [3.8, 4) is 5.75 Å². The Balaban J connectivity index is 2.63. The SMILES string of the molecule is NCc1cc(Cl)ccc1OCC(=O)NC(N)=O. The zero-order chi connectivity index (χ0) is 12.8. The van der Waals surface area contributed by atoms with E-state index in [2.05, 4.69) is 0 Å². The summed E-state index contributed by atoms with van der Waals surface area (Å²) in [5, 5.41) is 2.41. The topological polar surface area (TPSA) is 107 Å². The average molecular weight is 258 g/mol. The Morgan fingerprint density at radius 1 is 1.41 bits per heavy atom. The molecule has 92 valence electrons. The highest BCUT2D eigenvalue weighted by atomic mass is 35.5. The fourth-order valence-electron chi connectivity index (χ4n) is 1.17. The van der Waals surface area contributed by atoms with Gasteiger partial charge in [0, 0.05) is 17.1 Å². The summed E-state index contributed by atoms with van der Waals surface area (Å²) in [4.78, 5) is 21.5. The first kappa shape index (κ1) is 13.3. The number of primary amides is 1. The number of rotatable bonds is 4. The number of amides is 3. The molecule has 3 amide bonds. The quantitative estimate of drug-likeness (QED) is 0.724. The Morgan fingerprint density at radius 2 is 2.12 bits per heavy atom. The van der Waals surface area contributed by atoms with Gasteiger partial charge in [0.05, 0.1) is 0 Å². The summed E-state index contributed by atoms with van der Waals surface area (Å²) in [6.45, 7) is -0.0924. The first-order chi connectivity index (χ1) is 8.02. The van der Waals surface area contributed by atoms with Crippen LogP contribution >= 0.6 is 11.6 Å². The van der Waals surface area contributed by atoms with E-state index >= 15 is 0 Å². The van der Waals surface area contributed by atoms with Crippen LogP contribution in [0.15, 0.2) is 18.2 Å². The molecular formula is C10H12ClN3O3. The van der Waals surface area contributed by atoms with Gasteiger partial charge < -0.3 is 16.2 Å². The van der Waals surface area contributed by atoms with E-state index in [-0.39, 0.29) is 13.2 Å². The predicted molar refractivity (Wildman–Crippen MR) is 62.6 cm³/mol. The molecule has 0 aliphatic carbocycles. The maximum absolute atomic E-state index is 11.1. The van der Waals surface area contributed by atoms with E-state index in [1.54, 1.807) is 18.2 Å². The molecule has 5 N–H and O–H groups in total. The van der Waals surface area contributed by atoms with Gasteiger partial charge in [0.25, 0.3) is 5.91 Å². The number of nitrogens with two attached hydrogens (primary N) is 2. The highest BCUT2D eigenvalue weighted by Gasteiger charge is 2.08. The molecule has 0 aliphatic rings. The molecule has 17 heavy (non-hydrogen) atoms. The maximum atomic E-state index is 11.1. The van der Waals surface area contributed by atoms with Gasteiger partial charge in [-0.05, 0) is 18.2 Å². The third-order valence-corrected chi connectivity index (χ3v) is 2.10. The Morgan fingerprint density at radius 3 is 2.71 bits per heavy atom. The number of carbonyl (C=O) groups excluding carboxylic acids is 2. The summed E-state index contributed by atoms with van der Waals surface area (Å²) in [6, 6.07) is 3.93. The Hall–Kier alpha value is -1.79. The molecule has 0 saturated carbocycles. The van der Waals surface area contributed by atoms with Crippen molar-refractivity contribution in [1.82, 2.24) is 5.32 Å². The third kappa shape index (κ3) is 4.29. The number of carbonyl (C=O) groups is 2. The number of hydrogen-bond donors (Lipinski definition) is 3. The van der Waals surface area contributed by atoms with Crippen molar-refractivity contribution in [3.05, 3.63) is 28.8 Å². The van der Waals surface area contributed by atoms with E-state index < -0.39 is 11.9 Å². The van der Waals surface area contributed by atoms with Crippen molar-refractivity contribution < 1.29 is 14.3 Å². The minimum absolute atomic E-state index is 0.229. The minimum Gasteiger partial charge on any atom is -0.483 e. The number of urea groups is 1. The van der Waals surface area contributed by atoms with Crippen molar-refractivity contribution in [2.75, 3.05) is 6.61 Å². The number of halogens is 1. The van der Waals surface area contributed by atoms with Crippen molar-refractivity contribution in [3.63, 3.8) is 0 Å². The van der Waals surface area contributed by atoms with Crippen molar-refractivity contribution in [1.29, 1.82) is 0 Å². The third-order valence-electron chi connectivity index (χ3n) is 1.86. The molecular weight excluding hydrogens is 246 g/mol. The maximum Gasteiger partial charge on any atom is 0.318 e. The fraction of sp³-hybridized carbons (Fsp3) is 0.200. The van der Waals surface area contributed by atoms with Crippen LogP contribution in [0.25, 0.3) is 0 Å². The van der Waals surface area contributed by atoms with E-state index in [4.69, 9.17) is 27.8 Å². The summed E-state index contributed by atoms with van der Waals surface area (Å²) in [7, 11) is 0. The fourth-order valence-corrected chi connectivity index (χ4v) is 1.36. The van der Waals surface area contributed by atoms with Crippen LogP contribution in [0.3, 0.4) is 0 Å². The van der Waals surface area contributed by atoms with E-state index in [9.17, 15) is 9.59 Å². The van der Waals surface area contributed by atoms with Gasteiger partial charge in [-0.25, -0.2) is 4.79 Å². The number of ether oxygens (including phenoxy) is 1. The largest absolute Gasteiger partial charge is 0.483 e. The number of hydrogen-bond acceptors (Lipinski definition) is 4. The van der Waals surface area contributed by atoms with Crippen molar-refractivity contribution in [2.45, 2.75) is 6.54 Å². The van der Waals surface area contributed by atoms with Crippen LogP contribution in [0, 0.1) is 0 Å². The van der Waals surface area contributed by atoms with Crippen LogP contribution in [0.4, 0.5) is 4.79 Å². The number of nitrogens with one attached hydrogen (secondary N) is 1. The second-order valence-electron chi connectivity index (χ2n) is 3.16. The minimum atomic E-state index is -0.922. The van der Waals surface area contributed by atoms with Gasteiger partial charge in [0.1, 0.15) is 5.75 Å². The molecule has 0 aliphatic heterocycles. The van der Waals surface area contributed by atoms with E-state index in [1.165, 1.54) is 0 Å². The molecule has 0 heterocycles. The van der Waals surface area contributed by atoms with Gasteiger partial charge in [-0.15, -0.1) is 0 Å². The molecule has 0 radical (unpaired) electrons. The van der Waals surface area contributed by atoms with Crippen LogP contribution in [-0.2, 0) is 11.3 Å². The van der Waals surface area contributed by atoms with E-state index in [1.807, 2.05) is 5.32 Å². The lowest BCUT2D eigenvalue weighted by Crippen LogP contribution is -2.38. The monoisotopic (exact) mass is 257 g/mol. The number of benzene rings is 1. The summed E-state index contributed by atoms with van der Waals surface area (Å²) in [5.74, 6) is -0.188. The lowest BCUT2D eigenvalue weighted by atomic mass is 10.2. The highest BCUT2D eigenvalue weighted by molar-refractivity contribution is 6.30.